The van der Waals surface area contributed by atoms with Crippen LogP contribution in [0.4, 0.5) is 0 Å². The number of hydrogen-bond donors (Lipinski definition) is 2. The van der Waals surface area contributed by atoms with E-state index in [9.17, 15) is 10.2 Å². The van der Waals surface area contributed by atoms with Crippen molar-refractivity contribution in [3.8, 4) is 0 Å². The molecule has 0 aliphatic heterocycles. The van der Waals surface area contributed by atoms with E-state index < -0.39 is 11.2 Å². The molecular formula is C11H20O2. The molecule has 0 unspecified atom stereocenters. The second-order valence-electron chi connectivity index (χ2n) is 5.42. The van der Waals surface area contributed by atoms with E-state index in [0.717, 1.165) is 32.1 Å². The zero-order valence-electron chi connectivity index (χ0n) is 8.58. The van der Waals surface area contributed by atoms with E-state index in [0.29, 0.717) is 11.8 Å². The maximum atomic E-state index is 10.1. The van der Waals surface area contributed by atoms with Gasteiger partial charge in [0.15, 0.2) is 0 Å². The van der Waals surface area contributed by atoms with Gasteiger partial charge >= 0.3 is 0 Å². The Morgan fingerprint density at radius 2 is 1.31 bits per heavy atom. The van der Waals surface area contributed by atoms with Crippen LogP contribution in [0.3, 0.4) is 0 Å². The zero-order chi connectivity index (χ0) is 9.69. The molecule has 2 N–H and O–H groups in total. The van der Waals surface area contributed by atoms with Crippen molar-refractivity contribution in [1.82, 2.24) is 0 Å². The first-order chi connectivity index (χ1) is 5.92. The lowest BCUT2D eigenvalue weighted by Crippen LogP contribution is -2.51. The molecule has 0 aromatic rings. The van der Waals surface area contributed by atoms with Gasteiger partial charge in [0.25, 0.3) is 0 Å². The van der Waals surface area contributed by atoms with Crippen LogP contribution in [0.25, 0.3) is 0 Å². The normalized spacial score (nSPS) is 56.3. The third-order valence-electron chi connectivity index (χ3n) is 4.33. The molecule has 2 aliphatic carbocycles. The molecule has 76 valence electrons. The van der Waals surface area contributed by atoms with E-state index in [2.05, 4.69) is 0 Å². The first-order valence-electron chi connectivity index (χ1n) is 5.36. The summed E-state index contributed by atoms with van der Waals surface area (Å²) in [6, 6.07) is 0. The monoisotopic (exact) mass is 184 g/mol. The number of hydrogen-bond acceptors (Lipinski definition) is 2. The van der Waals surface area contributed by atoms with Gasteiger partial charge in [-0.25, -0.2) is 0 Å². The lowest BCUT2D eigenvalue weighted by molar-refractivity contribution is -0.132. The predicted molar refractivity (Wildman–Crippen MR) is 51.3 cm³/mol. The fourth-order valence-corrected chi connectivity index (χ4v) is 3.05. The molecule has 13 heavy (non-hydrogen) atoms. The Kier molecular flexibility index (Phi) is 1.97. The van der Waals surface area contributed by atoms with Crippen LogP contribution >= 0.6 is 0 Å². The summed E-state index contributed by atoms with van der Waals surface area (Å²) in [5.74, 6) is 0.845. The van der Waals surface area contributed by atoms with Crippen LogP contribution in [-0.4, -0.2) is 21.4 Å². The number of rotatable bonds is 0. The molecule has 2 rings (SSSR count). The van der Waals surface area contributed by atoms with Crippen molar-refractivity contribution in [2.24, 2.45) is 11.8 Å². The minimum Gasteiger partial charge on any atom is -0.390 e. The highest BCUT2D eigenvalue weighted by Gasteiger charge is 2.47. The maximum absolute atomic E-state index is 10.1. The molecule has 2 aliphatic rings. The third kappa shape index (κ3) is 1.50. The molecule has 0 aromatic heterocycles. The molecule has 0 aromatic carbocycles. The van der Waals surface area contributed by atoms with Gasteiger partial charge in [0.05, 0.1) is 11.2 Å². The van der Waals surface area contributed by atoms with Gasteiger partial charge in [-0.05, 0) is 57.8 Å². The summed E-state index contributed by atoms with van der Waals surface area (Å²) in [5.41, 5.74) is -0.931. The van der Waals surface area contributed by atoms with Gasteiger partial charge in [-0.3, -0.25) is 0 Å². The van der Waals surface area contributed by atoms with Crippen LogP contribution in [0.2, 0.25) is 0 Å². The lowest BCUT2D eigenvalue weighted by atomic mass is 9.60. The van der Waals surface area contributed by atoms with Crippen LogP contribution < -0.4 is 0 Å². The Morgan fingerprint density at radius 1 is 0.923 bits per heavy atom. The summed E-state index contributed by atoms with van der Waals surface area (Å²) < 4.78 is 0. The summed E-state index contributed by atoms with van der Waals surface area (Å²) in [6.07, 6.45) is 4.70. The molecule has 0 spiro atoms. The van der Waals surface area contributed by atoms with Crippen molar-refractivity contribution in [2.75, 3.05) is 0 Å². The molecule has 2 bridgehead atoms. The second kappa shape index (κ2) is 2.71. The molecule has 0 amide bonds. The summed E-state index contributed by atoms with van der Waals surface area (Å²) >= 11 is 0. The Labute approximate surface area is 80.0 Å². The van der Waals surface area contributed by atoms with Crippen molar-refractivity contribution in [2.45, 2.75) is 57.2 Å². The van der Waals surface area contributed by atoms with Crippen molar-refractivity contribution >= 4 is 0 Å². The van der Waals surface area contributed by atoms with Gasteiger partial charge < -0.3 is 10.2 Å². The molecule has 2 saturated carbocycles. The van der Waals surface area contributed by atoms with Crippen LogP contribution in [0.1, 0.15) is 46.0 Å². The minimum absolute atomic E-state index is 0.423. The van der Waals surface area contributed by atoms with Gasteiger partial charge in [-0.1, -0.05) is 0 Å². The van der Waals surface area contributed by atoms with Crippen LogP contribution in [-0.2, 0) is 0 Å². The largest absolute Gasteiger partial charge is 0.390 e. The van der Waals surface area contributed by atoms with E-state index in [1.165, 1.54) is 0 Å². The first-order valence-corrected chi connectivity index (χ1v) is 5.36. The van der Waals surface area contributed by atoms with Crippen molar-refractivity contribution in [3.05, 3.63) is 0 Å². The van der Waals surface area contributed by atoms with E-state index >= 15 is 0 Å². The van der Waals surface area contributed by atoms with Gasteiger partial charge in [0, 0.05) is 0 Å². The summed E-state index contributed by atoms with van der Waals surface area (Å²) in [5, 5.41) is 20.1. The summed E-state index contributed by atoms with van der Waals surface area (Å²) in [4.78, 5) is 0. The molecular weight excluding hydrogens is 164 g/mol. The number of fused-ring (bicyclic) bond motifs is 2. The standard InChI is InChI=1S/C11H20O2/c1-10(12)5-3-9-7-8(10)4-6-11(9,2)13/h8-9,12-13H,3-7H2,1-2H3/t8-,9-,10-,11-/m1/s1. The highest BCUT2D eigenvalue weighted by molar-refractivity contribution is 4.99. The van der Waals surface area contributed by atoms with Gasteiger partial charge in [-0.15, -0.1) is 0 Å². The smallest absolute Gasteiger partial charge is 0.0648 e. The van der Waals surface area contributed by atoms with Crippen molar-refractivity contribution in [3.63, 3.8) is 0 Å². The van der Waals surface area contributed by atoms with Crippen LogP contribution in [0.5, 0.6) is 0 Å². The molecule has 2 fully saturated rings. The molecule has 2 heteroatoms. The Morgan fingerprint density at radius 3 is 1.69 bits per heavy atom. The Hall–Kier alpha value is -0.0800. The Bertz CT molecular complexity index is 186. The maximum Gasteiger partial charge on any atom is 0.0648 e. The first kappa shape index (κ1) is 9.47. The lowest BCUT2D eigenvalue weighted by Gasteiger charge is -2.50. The van der Waals surface area contributed by atoms with E-state index in [1.54, 1.807) is 0 Å². The fraction of sp³-hybridized carbons (Fsp3) is 1.00. The average molecular weight is 184 g/mol. The van der Waals surface area contributed by atoms with Crippen LogP contribution in [0, 0.1) is 11.8 Å². The van der Waals surface area contributed by atoms with Gasteiger partial charge in [0.2, 0.25) is 0 Å². The zero-order valence-corrected chi connectivity index (χ0v) is 8.58. The topological polar surface area (TPSA) is 40.5 Å². The SMILES string of the molecule is C[C@@]1(O)CC[C@@H]2C[C@H]1CC[C@@]2(C)O. The second-order valence-corrected chi connectivity index (χ2v) is 5.42. The van der Waals surface area contributed by atoms with Crippen molar-refractivity contribution < 1.29 is 10.2 Å². The minimum atomic E-state index is -0.465. The fourth-order valence-electron chi connectivity index (χ4n) is 3.05. The molecule has 0 radical (unpaired) electrons. The van der Waals surface area contributed by atoms with E-state index in [-0.39, 0.29) is 0 Å². The quantitative estimate of drug-likeness (QED) is 0.601. The summed E-state index contributed by atoms with van der Waals surface area (Å²) in [7, 11) is 0. The third-order valence-corrected chi connectivity index (χ3v) is 4.33. The average Bonchev–Trinajstić information content (AvgIpc) is 2.01. The summed E-state index contributed by atoms with van der Waals surface area (Å²) in [6.45, 7) is 3.90. The molecule has 0 heterocycles. The van der Waals surface area contributed by atoms with Crippen molar-refractivity contribution in [1.29, 1.82) is 0 Å². The van der Waals surface area contributed by atoms with E-state index in [4.69, 9.17) is 0 Å². The highest BCUT2D eigenvalue weighted by Crippen LogP contribution is 2.49. The van der Waals surface area contributed by atoms with E-state index in [1.807, 2.05) is 13.8 Å². The van der Waals surface area contributed by atoms with Crippen LogP contribution in [0.15, 0.2) is 0 Å². The van der Waals surface area contributed by atoms with Gasteiger partial charge in [-0.2, -0.15) is 0 Å². The molecule has 4 atom stereocenters. The number of aliphatic hydroxyl groups is 2. The molecule has 2 nitrogen and oxygen atoms in total. The Balaban J connectivity index is 2.14. The molecule has 0 saturated heterocycles. The van der Waals surface area contributed by atoms with Gasteiger partial charge in [0.1, 0.15) is 0 Å². The predicted octanol–water partition coefficient (Wildman–Crippen LogP) is 1.70. The highest BCUT2D eigenvalue weighted by atomic mass is 16.3.